The smallest absolute Gasteiger partial charge is 0.0968 e. The fourth-order valence-electron chi connectivity index (χ4n) is 12.2. The SMILES string of the molecule is CC.CC.CC.CC.CC.CC.CC.CC.CC.CC.CC.CC.CC.CC.CC.CC.CC.CC.CC.CC.CC.CC.CC.CC.CC.CC.CC.CC.CC.CN1CCN(C2c3ccccc3C(CBr)=Cc3cccnc32)CC1.CN1CCN(C2c3ccccc3C(CO)=Cc3cccnc32)CC1.CN1CCN(C2c3ccccc3C(Cc3cnc[nH]3)=Cc3cccnc32)CC1.Ic1cnc[nH]1. The van der Waals surface area contributed by atoms with E-state index in [9.17, 15) is 5.11 Å². The molecule has 3 atom stereocenters. The molecule has 3 fully saturated rings. The van der Waals surface area contributed by atoms with Crippen LogP contribution < -0.4 is 0 Å². The van der Waals surface area contributed by atoms with E-state index in [0.29, 0.717) is 0 Å². The number of nitrogens with one attached hydrogen (secondary N) is 2. The van der Waals surface area contributed by atoms with Gasteiger partial charge in [0.05, 0.1) is 64.4 Å². The molecule has 0 spiro atoms. The third-order valence-corrected chi connectivity index (χ3v) is 17.8. The van der Waals surface area contributed by atoms with Crippen molar-refractivity contribution in [3.8, 4) is 0 Å². The molecule has 0 saturated carbocycles. The molecule has 6 aliphatic rings. The minimum absolute atomic E-state index is 0.0425. The van der Waals surface area contributed by atoms with Crippen molar-refractivity contribution in [3.05, 3.63) is 229 Å². The van der Waals surface area contributed by atoms with Gasteiger partial charge in [0, 0.05) is 121 Å². The molecule has 5 aromatic heterocycles. The van der Waals surface area contributed by atoms with Crippen molar-refractivity contribution < 1.29 is 5.11 Å². The Morgan fingerprint density at radius 3 is 0.721 bits per heavy atom. The van der Waals surface area contributed by atoms with Gasteiger partial charge in [0.15, 0.2) is 0 Å². The van der Waals surface area contributed by atoms with Gasteiger partial charge in [-0.1, -0.05) is 509 Å². The van der Waals surface area contributed by atoms with Crippen LogP contribution in [-0.4, -0.2) is 181 Å². The quantitative estimate of drug-likeness (QED) is 0.104. The number of aliphatic hydroxyl groups excluding tert-OH is 1. The van der Waals surface area contributed by atoms with Gasteiger partial charge in [-0.05, 0) is 147 Å². The summed E-state index contributed by atoms with van der Waals surface area (Å²) < 4.78 is 1.08. The van der Waals surface area contributed by atoms with Crippen LogP contribution >= 0.6 is 38.5 Å². The molecule has 3 aromatic carbocycles. The number of pyridine rings is 3. The molecule has 8 aromatic rings. The second-order valence-corrected chi connectivity index (χ2v) is 23.6. The predicted octanol–water partition coefficient (Wildman–Crippen LogP) is 39.9. The zero-order valence-electron chi connectivity index (χ0n) is 105. The highest BCUT2D eigenvalue weighted by Crippen LogP contribution is 2.43. The molecule has 0 radical (unpaired) electrons. The summed E-state index contributed by atoms with van der Waals surface area (Å²) in [6, 6.07) is 39.2. The van der Waals surface area contributed by atoms with E-state index in [0.717, 1.165) is 122 Å². The first kappa shape index (κ1) is 179. The third kappa shape index (κ3) is 76.3. The van der Waals surface area contributed by atoms with E-state index < -0.39 is 0 Å². The van der Waals surface area contributed by atoms with Crippen LogP contribution in [0, 0.1) is 3.70 Å². The number of H-pyrrole nitrogens is 2. The number of likely N-dealkylation sites (N-methyl/N-ethyl adjacent to an activating group) is 3. The average Bonchev–Trinajstić information content (AvgIpc) is 1.71. The maximum absolute atomic E-state index is 9.91. The van der Waals surface area contributed by atoms with E-state index in [4.69, 9.17) is 15.0 Å². The number of hydrogen-bond acceptors (Lipinski definition) is 12. The lowest BCUT2D eigenvalue weighted by atomic mass is 9.92. The number of aliphatic hydroxyl groups is 1. The van der Waals surface area contributed by atoms with Crippen LogP contribution in [0.15, 0.2) is 153 Å². The highest BCUT2D eigenvalue weighted by Gasteiger charge is 2.35. The molecule has 0 bridgehead atoms. The van der Waals surface area contributed by atoms with Gasteiger partial charge in [-0.2, -0.15) is 0 Å². The molecule has 16 heteroatoms. The first-order chi connectivity index (χ1) is 69.2. The van der Waals surface area contributed by atoms with E-state index >= 15 is 0 Å². The summed E-state index contributed by atoms with van der Waals surface area (Å²) >= 11 is 5.84. The summed E-state index contributed by atoms with van der Waals surface area (Å²) in [4.78, 5) is 43.4. The topological polar surface area (TPSA) is 136 Å². The first-order valence-corrected chi connectivity index (χ1v) is 59.7. The van der Waals surface area contributed by atoms with Crippen LogP contribution in [0.25, 0.3) is 34.9 Å². The number of benzene rings is 3. The Hall–Kier alpha value is -6.32. The highest BCUT2D eigenvalue weighted by atomic mass is 127. The van der Waals surface area contributed by atoms with Crippen molar-refractivity contribution in [1.82, 2.24) is 64.3 Å². The van der Waals surface area contributed by atoms with Gasteiger partial charge in [0.25, 0.3) is 0 Å². The van der Waals surface area contributed by atoms with Gasteiger partial charge >= 0.3 is 0 Å². The first-order valence-electron chi connectivity index (χ1n) is 57.5. The summed E-state index contributed by atoms with van der Waals surface area (Å²) in [6.07, 6.45) is 20.4. The summed E-state index contributed by atoms with van der Waals surface area (Å²) in [6.45, 7) is 129. The number of aromatic nitrogens is 7. The van der Waals surface area contributed by atoms with Gasteiger partial charge in [-0.3, -0.25) is 29.7 Å². The molecular weight excluding hydrogens is 1890 g/mol. The van der Waals surface area contributed by atoms with E-state index in [1.165, 1.54) is 61.5 Å². The average molecular weight is 2140 g/mol. The lowest BCUT2D eigenvalue weighted by Gasteiger charge is -2.38. The standard InChI is InChI=1S/C23H25N5.C20H22BrN3.C20H23N3O.C3H3IN2.29C2H6/c1-27-9-11-28(12-10-27)23-21-7-3-2-6-20(21)18(14-19-15-24-16-26-19)13-17-5-4-8-25-22(17)23;1-23-9-11-24(12-10-23)20-18-7-3-2-6-17(18)16(14-21)13-15-5-4-8-22-19(15)20;1-22-9-11-23(12-10-22)20-18-7-3-2-6-17(18)16(14-24)13-15-5-4-8-21-19(15)20;4-3-1-5-2-6-3;29*1-2/h2-8,13,15-16,23H,9-12,14H2,1H3,(H,24,26);2-8,13,20H,9-12,14H2,1H3;2-8,13,20,24H,9-12,14H2,1H3;1-2H,(H,5,6);29*1-2H3. The zero-order valence-corrected chi connectivity index (χ0v) is 109. The van der Waals surface area contributed by atoms with E-state index in [1.54, 1.807) is 18.9 Å². The van der Waals surface area contributed by atoms with E-state index in [1.807, 2.05) is 451 Å². The number of hydrogen-bond donors (Lipinski definition) is 3. The van der Waals surface area contributed by atoms with Crippen molar-refractivity contribution in [2.75, 3.05) is 112 Å². The Morgan fingerprint density at radius 1 is 0.286 bits per heavy atom. The van der Waals surface area contributed by atoms with Crippen molar-refractivity contribution in [2.45, 2.75) is 426 Å². The molecule has 14 nitrogen and oxygen atoms in total. The summed E-state index contributed by atoms with van der Waals surface area (Å²) in [5.41, 5.74) is 19.6. The molecule has 8 heterocycles. The van der Waals surface area contributed by atoms with Crippen molar-refractivity contribution in [1.29, 1.82) is 0 Å². The fraction of sp³-hybridized carbons (Fsp3) is 0.637. The molecule has 828 valence electrons. The Balaban J connectivity index is -0.0000000716. The van der Waals surface area contributed by atoms with Gasteiger partial charge in [0.2, 0.25) is 0 Å². The van der Waals surface area contributed by atoms with E-state index in [-0.39, 0.29) is 24.7 Å². The minimum atomic E-state index is 0.0425. The number of nitrogens with zero attached hydrogens (tertiary/aromatic N) is 11. The monoisotopic (exact) mass is 2140 g/mol. The van der Waals surface area contributed by atoms with Crippen LogP contribution in [0.2, 0.25) is 0 Å². The van der Waals surface area contributed by atoms with Crippen LogP contribution in [0.4, 0.5) is 0 Å². The fourth-order valence-corrected chi connectivity index (χ4v) is 13.0. The summed E-state index contributed by atoms with van der Waals surface area (Å²) in [5.74, 6) is 0. The Bertz CT molecular complexity index is 3350. The van der Waals surface area contributed by atoms with Crippen molar-refractivity contribution in [3.63, 3.8) is 0 Å². The van der Waals surface area contributed by atoms with Crippen LogP contribution in [-0.2, 0) is 6.42 Å². The highest BCUT2D eigenvalue weighted by molar-refractivity contribution is 14.1. The largest absolute Gasteiger partial charge is 0.392 e. The van der Waals surface area contributed by atoms with Crippen LogP contribution in [0.3, 0.4) is 0 Å². The number of aromatic amines is 2. The van der Waals surface area contributed by atoms with Crippen molar-refractivity contribution >= 4 is 73.5 Å². The lowest BCUT2D eigenvalue weighted by molar-refractivity contribution is 0.125. The lowest BCUT2D eigenvalue weighted by Crippen LogP contribution is -2.46. The van der Waals surface area contributed by atoms with Crippen molar-refractivity contribution in [2.24, 2.45) is 0 Å². The second-order valence-electron chi connectivity index (χ2n) is 21.9. The molecule has 140 heavy (non-hydrogen) atoms. The minimum Gasteiger partial charge on any atom is -0.392 e. The number of halogens is 2. The molecular formula is C124H247BrIN13O. The predicted molar refractivity (Wildman–Crippen MR) is 672 cm³/mol. The second kappa shape index (κ2) is 155. The molecule has 3 aliphatic heterocycles. The Morgan fingerprint density at radius 2 is 0.507 bits per heavy atom. The van der Waals surface area contributed by atoms with Crippen LogP contribution in [0.1, 0.15) is 493 Å². The Labute approximate surface area is 903 Å². The molecule has 3 unspecified atom stereocenters. The maximum atomic E-state index is 9.91. The molecule has 3 saturated heterocycles. The number of fused-ring (bicyclic) bond motifs is 6. The summed E-state index contributed by atoms with van der Waals surface area (Å²) in [7, 11) is 6.58. The van der Waals surface area contributed by atoms with Gasteiger partial charge in [-0.15, -0.1) is 0 Å². The molecule has 0 amide bonds. The molecule has 3 N–H and O–H groups in total. The number of alkyl halides is 1. The van der Waals surface area contributed by atoms with Crippen LogP contribution in [0.5, 0.6) is 0 Å². The van der Waals surface area contributed by atoms with E-state index in [2.05, 4.69) is 212 Å². The zero-order chi connectivity index (χ0) is 114. The number of allylic oxidation sites excluding steroid dienone is 2. The normalized spacial score (nSPS) is 13.1. The molecule has 3 aliphatic carbocycles. The van der Waals surface area contributed by atoms with Gasteiger partial charge in [-0.25, -0.2) is 9.97 Å². The number of piperazine rings is 3. The van der Waals surface area contributed by atoms with Gasteiger partial charge in [0.1, 0.15) is 0 Å². The summed E-state index contributed by atoms with van der Waals surface area (Å²) in [5, 5.41) is 10.8. The molecule has 14 rings (SSSR count). The number of imidazole rings is 2. The Kier molecular flexibility index (Phi) is 199. The maximum Gasteiger partial charge on any atom is 0.0968 e. The van der Waals surface area contributed by atoms with Gasteiger partial charge < -0.3 is 29.8 Å². The third-order valence-electron chi connectivity index (χ3n) is 16.6. The number of rotatable bonds is 7.